The number of nitrogens with one attached hydrogen (secondary N) is 2. The number of para-hydroxylation sites is 2. The van der Waals surface area contributed by atoms with Crippen LogP contribution in [0.25, 0.3) is 11.0 Å². The number of H-pyrrole nitrogens is 1. The summed E-state index contributed by atoms with van der Waals surface area (Å²) in [6.45, 7) is 1.07. The van der Waals surface area contributed by atoms with Gasteiger partial charge in [0, 0.05) is 6.54 Å². The minimum absolute atomic E-state index is 0.483. The Bertz CT molecular complexity index is 597. The van der Waals surface area contributed by atoms with Gasteiger partial charge in [-0.15, -0.1) is 0 Å². The molecule has 0 aliphatic carbocycles. The zero-order chi connectivity index (χ0) is 16.3. The molecule has 0 atom stereocenters. The van der Waals surface area contributed by atoms with E-state index in [1.807, 2.05) is 24.3 Å². The summed E-state index contributed by atoms with van der Waals surface area (Å²) >= 11 is 0. The molecule has 1 saturated heterocycles. The zero-order valence-electron chi connectivity index (χ0n) is 12.9. The SMILES string of the molecule is FC(F)(F)CN1CCC(CCNc2nc3ccccc3[nH]2)CC1. The number of halogens is 3. The van der Waals surface area contributed by atoms with Crippen molar-refractivity contribution in [3.63, 3.8) is 0 Å². The van der Waals surface area contributed by atoms with Crippen LogP contribution in [0.2, 0.25) is 0 Å². The molecule has 0 spiro atoms. The van der Waals surface area contributed by atoms with Crippen LogP contribution in [0.1, 0.15) is 19.3 Å². The van der Waals surface area contributed by atoms with E-state index in [2.05, 4.69) is 15.3 Å². The molecule has 4 nitrogen and oxygen atoms in total. The van der Waals surface area contributed by atoms with Crippen molar-refractivity contribution in [1.29, 1.82) is 0 Å². The van der Waals surface area contributed by atoms with Crippen molar-refractivity contribution in [3.05, 3.63) is 24.3 Å². The first-order valence-corrected chi connectivity index (χ1v) is 7.97. The molecule has 126 valence electrons. The van der Waals surface area contributed by atoms with Gasteiger partial charge in [0.1, 0.15) is 0 Å². The monoisotopic (exact) mass is 326 g/mol. The minimum atomic E-state index is -4.09. The van der Waals surface area contributed by atoms with Crippen LogP contribution in [-0.4, -0.2) is 47.2 Å². The molecule has 1 aliphatic rings. The molecule has 2 heterocycles. The maximum atomic E-state index is 12.4. The average Bonchev–Trinajstić information content (AvgIpc) is 2.90. The number of benzene rings is 1. The van der Waals surface area contributed by atoms with Crippen molar-refractivity contribution < 1.29 is 13.2 Å². The predicted octanol–water partition coefficient (Wildman–Crippen LogP) is 3.64. The maximum Gasteiger partial charge on any atom is 0.401 e. The Hall–Kier alpha value is -1.76. The molecule has 0 bridgehead atoms. The number of imidazole rings is 1. The molecule has 0 radical (unpaired) electrons. The van der Waals surface area contributed by atoms with Crippen LogP contribution < -0.4 is 5.32 Å². The molecule has 2 aromatic rings. The van der Waals surface area contributed by atoms with E-state index in [9.17, 15) is 13.2 Å². The minimum Gasteiger partial charge on any atom is -0.356 e. The molecule has 1 aromatic carbocycles. The third-order valence-corrected chi connectivity index (χ3v) is 4.34. The summed E-state index contributed by atoms with van der Waals surface area (Å²) in [5.74, 6) is 1.23. The number of alkyl halides is 3. The van der Waals surface area contributed by atoms with Crippen molar-refractivity contribution in [1.82, 2.24) is 14.9 Å². The highest BCUT2D eigenvalue weighted by atomic mass is 19.4. The van der Waals surface area contributed by atoms with Crippen LogP contribution in [0.15, 0.2) is 24.3 Å². The molecule has 1 fully saturated rings. The Labute approximate surface area is 133 Å². The van der Waals surface area contributed by atoms with Gasteiger partial charge in [-0.05, 0) is 50.4 Å². The van der Waals surface area contributed by atoms with Gasteiger partial charge < -0.3 is 10.3 Å². The van der Waals surface area contributed by atoms with Gasteiger partial charge in [0.25, 0.3) is 0 Å². The van der Waals surface area contributed by atoms with Gasteiger partial charge in [0.2, 0.25) is 5.95 Å². The summed E-state index contributed by atoms with van der Waals surface area (Å²) < 4.78 is 37.1. The maximum absolute atomic E-state index is 12.4. The van der Waals surface area contributed by atoms with Crippen LogP contribution >= 0.6 is 0 Å². The summed E-state index contributed by atoms with van der Waals surface area (Å²) in [5, 5.41) is 3.27. The Kier molecular flexibility index (Phi) is 4.75. The summed E-state index contributed by atoms with van der Waals surface area (Å²) in [7, 11) is 0. The van der Waals surface area contributed by atoms with Gasteiger partial charge in [0.15, 0.2) is 0 Å². The lowest BCUT2D eigenvalue weighted by Gasteiger charge is -2.32. The summed E-state index contributed by atoms with van der Waals surface area (Å²) in [6.07, 6.45) is -1.47. The van der Waals surface area contributed by atoms with Gasteiger partial charge in [-0.25, -0.2) is 4.98 Å². The van der Waals surface area contributed by atoms with E-state index in [0.29, 0.717) is 19.0 Å². The number of rotatable bonds is 5. The summed E-state index contributed by atoms with van der Waals surface area (Å²) in [4.78, 5) is 9.16. The second kappa shape index (κ2) is 6.78. The number of likely N-dealkylation sites (tertiary alicyclic amines) is 1. The second-order valence-corrected chi connectivity index (χ2v) is 6.15. The Morgan fingerprint density at radius 1 is 1.22 bits per heavy atom. The molecule has 23 heavy (non-hydrogen) atoms. The van der Waals surface area contributed by atoms with Crippen LogP contribution in [0.4, 0.5) is 19.1 Å². The third kappa shape index (κ3) is 4.60. The highest BCUT2D eigenvalue weighted by molar-refractivity contribution is 5.77. The highest BCUT2D eigenvalue weighted by Gasteiger charge is 2.32. The lowest BCUT2D eigenvalue weighted by Crippen LogP contribution is -2.40. The van der Waals surface area contributed by atoms with E-state index in [0.717, 1.165) is 42.8 Å². The Balaban J connectivity index is 1.40. The van der Waals surface area contributed by atoms with Crippen LogP contribution in [0.5, 0.6) is 0 Å². The number of hydrogen-bond acceptors (Lipinski definition) is 3. The number of nitrogens with zero attached hydrogens (tertiary/aromatic N) is 2. The Morgan fingerprint density at radius 3 is 2.65 bits per heavy atom. The first-order chi connectivity index (χ1) is 11.0. The average molecular weight is 326 g/mol. The quantitative estimate of drug-likeness (QED) is 0.882. The van der Waals surface area contributed by atoms with E-state index < -0.39 is 12.7 Å². The molecule has 0 amide bonds. The first-order valence-electron chi connectivity index (χ1n) is 7.97. The van der Waals surface area contributed by atoms with E-state index in [1.54, 1.807) is 0 Å². The van der Waals surface area contributed by atoms with Gasteiger partial charge in [-0.2, -0.15) is 13.2 Å². The van der Waals surface area contributed by atoms with Crippen molar-refractivity contribution in [2.24, 2.45) is 5.92 Å². The van der Waals surface area contributed by atoms with Crippen molar-refractivity contribution in [3.8, 4) is 0 Å². The number of fused-ring (bicyclic) bond motifs is 1. The normalized spacial score (nSPS) is 17.7. The topological polar surface area (TPSA) is 44.0 Å². The standard InChI is InChI=1S/C16H21F3N4/c17-16(18,19)11-23-9-6-12(7-10-23)5-8-20-15-21-13-3-1-2-4-14(13)22-15/h1-4,12H,5-11H2,(H2,20,21,22). The number of piperidine rings is 1. The van der Waals surface area contributed by atoms with Crippen molar-refractivity contribution in [2.45, 2.75) is 25.4 Å². The molecule has 2 N–H and O–H groups in total. The molecule has 0 unspecified atom stereocenters. The zero-order valence-corrected chi connectivity index (χ0v) is 12.9. The van der Waals surface area contributed by atoms with Crippen molar-refractivity contribution in [2.75, 3.05) is 31.5 Å². The highest BCUT2D eigenvalue weighted by Crippen LogP contribution is 2.24. The van der Waals surface area contributed by atoms with E-state index in [-0.39, 0.29) is 0 Å². The number of aromatic amines is 1. The number of hydrogen-bond donors (Lipinski definition) is 2. The van der Waals surface area contributed by atoms with E-state index in [1.165, 1.54) is 4.90 Å². The fourth-order valence-corrected chi connectivity index (χ4v) is 3.12. The smallest absolute Gasteiger partial charge is 0.356 e. The molecule has 3 rings (SSSR count). The van der Waals surface area contributed by atoms with E-state index >= 15 is 0 Å². The van der Waals surface area contributed by atoms with Crippen LogP contribution in [-0.2, 0) is 0 Å². The number of aromatic nitrogens is 2. The molecule has 7 heteroatoms. The fourth-order valence-electron chi connectivity index (χ4n) is 3.12. The Morgan fingerprint density at radius 2 is 1.96 bits per heavy atom. The van der Waals surface area contributed by atoms with Crippen LogP contribution in [0, 0.1) is 5.92 Å². The molecule has 1 aromatic heterocycles. The largest absolute Gasteiger partial charge is 0.401 e. The molecule has 1 aliphatic heterocycles. The summed E-state index contributed by atoms with van der Waals surface area (Å²) in [5.41, 5.74) is 1.92. The van der Waals surface area contributed by atoms with Gasteiger partial charge >= 0.3 is 6.18 Å². The first kappa shape index (κ1) is 16.1. The number of anilines is 1. The van der Waals surface area contributed by atoms with Crippen LogP contribution in [0.3, 0.4) is 0 Å². The van der Waals surface area contributed by atoms with Gasteiger partial charge in [-0.3, -0.25) is 4.90 Å². The molecule has 0 saturated carbocycles. The lowest BCUT2D eigenvalue weighted by molar-refractivity contribution is -0.148. The fraction of sp³-hybridized carbons (Fsp3) is 0.562. The predicted molar refractivity (Wildman–Crippen MR) is 84.4 cm³/mol. The van der Waals surface area contributed by atoms with Crippen molar-refractivity contribution >= 4 is 17.0 Å². The van der Waals surface area contributed by atoms with Gasteiger partial charge in [0.05, 0.1) is 17.6 Å². The molecular formula is C16H21F3N4. The summed E-state index contributed by atoms with van der Waals surface area (Å²) in [6, 6.07) is 7.83. The second-order valence-electron chi connectivity index (χ2n) is 6.15. The third-order valence-electron chi connectivity index (χ3n) is 4.34. The molecular weight excluding hydrogens is 305 g/mol. The van der Waals surface area contributed by atoms with E-state index in [4.69, 9.17) is 0 Å². The lowest BCUT2D eigenvalue weighted by atomic mass is 9.93. The van der Waals surface area contributed by atoms with Gasteiger partial charge in [-0.1, -0.05) is 12.1 Å².